The van der Waals surface area contributed by atoms with E-state index in [1.165, 1.54) is 0 Å². The molecule has 2 atom stereocenters. The van der Waals surface area contributed by atoms with Gasteiger partial charge in [0.25, 0.3) is 0 Å². The maximum absolute atomic E-state index is 13.4. The summed E-state index contributed by atoms with van der Waals surface area (Å²) in [5.41, 5.74) is 12.6. The van der Waals surface area contributed by atoms with E-state index in [0.29, 0.717) is 23.8 Å². The molecule has 1 fully saturated rings. The molecule has 2 aromatic carbocycles. The molecule has 1 saturated heterocycles. The highest BCUT2D eigenvalue weighted by Gasteiger charge is 2.33. The number of thiazole rings is 1. The average molecular weight is 517 g/mol. The fourth-order valence-electron chi connectivity index (χ4n) is 4.96. The molecule has 0 aliphatic carbocycles. The van der Waals surface area contributed by atoms with Crippen molar-refractivity contribution in [2.24, 2.45) is 0 Å². The highest BCUT2D eigenvalue weighted by atomic mass is 35.5. The monoisotopic (exact) mass is 516 g/mol. The summed E-state index contributed by atoms with van der Waals surface area (Å²) >= 11 is 7.77. The van der Waals surface area contributed by atoms with Crippen molar-refractivity contribution in [1.29, 1.82) is 0 Å². The van der Waals surface area contributed by atoms with Crippen LogP contribution in [0.3, 0.4) is 0 Å². The van der Waals surface area contributed by atoms with Crippen LogP contribution in [-0.4, -0.2) is 38.3 Å². The van der Waals surface area contributed by atoms with Crippen molar-refractivity contribution in [1.82, 2.24) is 25.2 Å². The van der Waals surface area contributed by atoms with Gasteiger partial charge in [-0.25, -0.2) is 0 Å². The van der Waals surface area contributed by atoms with Gasteiger partial charge in [-0.2, -0.15) is 0 Å². The Hall–Kier alpha value is -3.46. The second-order valence-electron chi connectivity index (χ2n) is 9.21. The minimum absolute atomic E-state index is 0.0252. The number of carbonyl (C=O) groups excluding carboxylic acids is 1. The van der Waals surface area contributed by atoms with Gasteiger partial charge >= 0.3 is 0 Å². The van der Waals surface area contributed by atoms with Crippen LogP contribution in [0.2, 0.25) is 5.02 Å². The first-order valence-corrected chi connectivity index (χ1v) is 13.1. The molecule has 5 aromatic rings. The van der Waals surface area contributed by atoms with Crippen LogP contribution in [0, 0.1) is 0 Å². The average Bonchev–Trinajstić information content (AvgIpc) is 3.61. The fourth-order valence-corrected chi connectivity index (χ4v) is 5.82. The number of nitrogens with one attached hydrogen (secondary N) is 2. The number of H-pyrrole nitrogens is 1. The predicted molar refractivity (Wildman–Crippen MR) is 145 cm³/mol. The summed E-state index contributed by atoms with van der Waals surface area (Å²) < 4.78 is 0. The minimum Gasteiger partial charge on any atom is -0.398 e. The van der Waals surface area contributed by atoms with Gasteiger partial charge in [-0.3, -0.25) is 20.1 Å². The van der Waals surface area contributed by atoms with Crippen LogP contribution in [-0.2, 0) is 17.8 Å². The Kier molecular flexibility index (Phi) is 6.08. The number of benzene rings is 2. The van der Waals surface area contributed by atoms with E-state index in [2.05, 4.69) is 26.3 Å². The molecule has 1 aliphatic rings. The number of aromatic amines is 1. The van der Waals surface area contributed by atoms with Crippen LogP contribution >= 0.6 is 22.9 Å². The summed E-state index contributed by atoms with van der Waals surface area (Å²) in [6.45, 7) is 1.26. The Bertz CT molecular complexity index is 1550. The van der Waals surface area contributed by atoms with Gasteiger partial charge in [0.15, 0.2) is 0 Å². The summed E-state index contributed by atoms with van der Waals surface area (Å²) in [4.78, 5) is 28.6. The SMILES string of the molecule is Nc1ccnc2cc(CN3CCC(N[C@H](Cc4cc5cc(Cl)ccc5[nH]4)c4cncs4)C3=O)ccc12. The number of pyridine rings is 1. The molecular formula is C27H25ClN6OS. The van der Waals surface area contributed by atoms with Gasteiger partial charge < -0.3 is 15.6 Å². The van der Waals surface area contributed by atoms with Gasteiger partial charge in [0.1, 0.15) is 0 Å². The highest BCUT2D eigenvalue weighted by molar-refractivity contribution is 7.09. The third kappa shape index (κ3) is 4.55. The first-order chi connectivity index (χ1) is 17.5. The standard InChI is InChI=1S/C27H25ClN6OS/c28-18-2-4-22-17(10-18)11-19(32-22)12-25(26-13-30-15-36-26)33-23-6-8-34(27(23)35)14-16-1-3-20-21(29)5-7-31-24(20)9-16/h1-5,7,9-11,13,15,23,25,32-33H,6,8,12,14H2,(H2,29,31)/t23?,25-/m1/s1. The summed E-state index contributed by atoms with van der Waals surface area (Å²) in [7, 11) is 0. The summed E-state index contributed by atoms with van der Waals surface area (Å²) in [5, 5.41) is 6.35. The van der Waals surface area contributed by atoms with E-state index in [-0.39, 0.29) is 18.0 Å². The van der Waals surface area contributed by atoms with Crippen molar-refractivity contribution >= 4 is 56.3 Å². The molecule has 4 N–H and O–H groups in total. The molecule has 0 radical (unpaired) electrons. The number of amides is 1. The van der Waals surface area contributed by atoms with Crippen LogP contribution < -0.4 is 11.1 Å². The first-order valence-electron chi connectivity index (χ1n) is 11.9. The van der Waals surface area contributed by atoms with Gasteiger partial charge in [-0.1, -0.05) is 23.7 Å². The van der Waals surface area contributed by atoms with Gasteiger partial charge in [0.05, 0.1) is 17.1 Å². The van der Waals surface area contributed by atoms with Crippen LogP contribution in [0.25, 0.3) is 21.8 Å². The number of halogens is 1. The molecule has 6 rings (SSSR count). The fraction of sp³-hybridized carbons (Fsp3) is 0.222. The van der Waals surface area contributed by atoms with Crippen LogP contribution in [0.4, 0.5) is 5.69 Å². The Morgan fingerprint density at radius 1 is 1.22 bits per heavy atom. The Labute approximate surface area is 217 Å². The largest absolute Gasteiger partial charge is 0.398 e. The summed E-state index contributed by atoms with van der Waals surface area (Å²) in [6.07, 6.45) is 5.07. The van der Waals surface area contributed by atoms with Crippen molar-refractivity contribution in [2.75, 3.05) is 12.3 Å². The molecule has 9 heteroatoms. The topological polar surface area (TPSA) is 99.9 Å². The number of fused-ring (bicyclic) bond motifs is 2. The van der Waals surface area contributed by atoms with Crippen molar-refractivity contribution in [3.63, 3.8) is 0 Å². The van der Waals surface area contributed by atoms with Gasteiger partial charge in [-0.05, 0) is 48.4 Å². The second kappa shape index (κ2) is 9.54. The first kappa shape index (κ1) is 23.0. The van der Waals surface area contributed by atoms with Crippen molar-refractivity contribution < 1.29 is 4.79 Å². The van der Waals surface area contributed by atoms with E-state index in [1.54, 1.807) is 23.6 Å². The number of carbonyl (C=O) groups is 1. The molecule has 36 heavy (non-hydrogen) atoms. The molecule has 1 amide bonds. The zero-order chi connectivity index (χ0) is 24.6. The van der Waals surface area contributed by atoms with Crippen molar-refractivity contribution in [2.45, 2.75) is 31.5 Å². The van der Waals surface area contributed by atoms with Crippen molar-refractivity contribution in [3.8, 4) is 0 Å². The number of aromatic nitrogens is 3. The third-order valence-electron chi connectivity index (χ3n) is 6.77. The van der Waals surface area contributed by atoms with Gasteiger partial charge in [0, 0.05) is 75.5 Å². The lowest BCUT2D eigenvalue weighted by atomic mass is 10.1. The second-order valence-corrected chi connectivity index (χ2v) is 10.6. The highest BCUT2D eigenvalue weighted by Crippen LogP contribution is 2.28. The molecule has 1 unspecified atom stereocenters. The molecule has 1 aliphatic heterocycles. The Morgan fingerprint density at radius 2 is 2.14 bits per heavy atom. The van der Waals surface area contributed by atoms with E-state index in [0.717, 1.165) is 50.8 Å². The third-order valence-corrected chi connectivity index (χ3v) is 7.90. The zero-order valence-corrected chi connectivity index (χ0v) is 21.0. The number of anilines is 1. The van der Waals surface area contributed by atoms with Gasteiger partial charge in [-0.15, -0.1) is 11.3 Å². The molecule has 182 valence electrons. The maximum atomic E-state index is 13.4. The zero-order valence-electron chi connectivity index (χ0n) is 19.4. The number of nitrogen functional groups attached to an aromatic ring is 1. The Morgan fingerprint density at radius 3 is 3.00 bits per heavy atom. The lowest BCUT2D eigenvalue weighted by molar-refractivity contribution is -0.130. The predicted octanol–water partition coefficient (Wildman–Crippen LogP) is 5.08. The quantitative estimate of drug-likeness (QED) is 0.280. The molecule has 0 saturated carbocycles. The number of hydrogen-bond donors (Lipinski definition) is 3. The van der Waals surface area contributed by atoms with E-state index in [4.69, 9.17) is 17.3 Å². The van der Waals surface area contributed by atoms with Gasteiger partial charge in [0.2, 0.25) is 5.91 Å². The Balaban J connectivity index is 1.18. The lowest BCUT2D eigenvalue weighted by Gasteiger charge is -2.22. The van der Waals surface area contributed by atoms with E-state index >= 15 is 0 Å². The number of nitrogens with zero attached hydrogens (tertiary/aromatic N) is 3. The van der Waals surface area contributed by atoms with Crippen molar-refractivity contribution in [3.05, 3.63) is 87.6 Å². The minimum atomic E-state index is -0.245. The number of nitrogens with two attached hydrogens (primary N) is 1. The van der Waals surface area contributed by atoms with Crippen LogP contribution in [0.5, 0.6) is 0 Å². The molecule has 0 bridgehead atoms. The van der Waals surface area contributed by atoms with E-state index < -0.39 is 0 Å². The lowest BCUT2D eigenvalue weighted by Crippen LogP contribution is -2.40. The molecular weight excluding hydrogens is 492 g/mol. The molecule has 7 nitrogen and oxygen atoms in total. The molecule has 0 spiro atoms. The van der Waals surface area contributed by atoms with Crippen LogP contribution in [0.1, 0.15) is 28.6 Å². The van der Waals surface area contributed by atoms with E-state index in [9.17, 15) is 4.79 Å². The van der Waals surface area contributed by atoms with E-state index in [1.807, 2.05) is 53.0 Å². The smallest absolute Gasteiger partial charge is 0.240 e. The molecule has 4 heterocycles. The summed E-state index contributed by atoms with van der Waals surface area (Å²) in [5.74, 6) is 0.119. The number of hydrogen-bond acceptors (Lipinski definition) is 6. The summed E-state index contributed by atoms with van der Waals surface area (Å²) in [6, 6.07) is 15.5. The van der Waals surface area contributed by atoms with Crippen LogP contribution in [0.15, 0.2) is 66.4 Å². The normalized spacial score (nSPS) is 16.9. The number of rotatable bonds is 7. The maximum Gasteiger partial charge on any atom is 0.240 e. The molecule has 3 aromatic heterocycles. The number of likely N-dealkylation sites (tertiary alicyclic amines) is 1.